The maximum absolute atomic E-state index is 5.32. The normalized spacial score (nSPS) is 17.8. The Balaban J connectivity index is 0.00000147. The topological polar surface area (TPSA) is 60.2 Å². The smallest absolute Gasteiger partial charge is 0.228 e. The lowest BCUT2D eigenvalue weighted by Gasteiger charge is -2.05. The number of rotatable bonds is 4. The van der Waals surface area contributed by atoms with Crippen LogP contribution in [0.25, 0.3) is 11.4 Å². The molecule has 3 rings (SSSR count). The molecule has 2 heterocycles. The monoisotopic (exact) mass is 295 g/mol. The summed E-state index contributed by atoms with van der Waals surface area (Å²) in [5.74, 6) is 2.03. The number of ether oxygens (including phenoxy) is 1. The van der Waals surface area contributed by atoms with Gasteiger partial charge in [0, 0.05) is 12.5 Å². The van der Waals surface area contributed by atoms with E-state index in [2.05, 4.69) is 15.5 Å². The van der Waals surface area contributed by atoms with Crippen molar-refractivity contribution in [3.8, 4) is 17.1 Å². The fraction of sp³-hybridized carbons (Fsp3) is 0.429. The predicted octanol–water partition coefficient (Wildman–Crippen LogP) is 2.46. The van der Waals surface area contributed by atoms with Crippen molar-refractivity contribution in [2.24, 2.45) is 0 Å². The average molecular weight is 296 g/mol. The van der Waals surface area contributed by atoms with Crippen LogP contribution in [0, 0.1) is 0 Å². The summed E-state index contributed by atoms with van der Waals surface area (Å²) in [4.78, 5) is 4.45. The van der Waals surface area contributed by atoms with Crippen LogP contribution in [0.5, 0.6) is 5.75 Å². The lowest BCUT2D eigenvalue weighted by Crippen LogP contribution is -2.23. The minimum Gasteiger partial charge on any atom is -0.496 e. The molecule has 0 aliphatic carbocycles. The molecule has 1 fully saturated rings. The van der Waals surface area contributed by atoms with Gasteiger partial charge in [-0.15, -0.1) is 12.4 Å². The van der Waals surface area contributed by atoms with Crippen molar-refractivity contribution in [3.05, 3.63) is 30.2 Å². The molecule has 0 saturated carbocycles. The minimum absolute atomic E-state index is 0. The summed E-state index contributed by atoms with van der Waals surface area (Å²) < 4.78 is 10.6. The van der Waals surface area contributed by atoms with Crippen molar-refractivity contribution in [2.75, 3.05) is 13.7 Å². The summed E-state index contributed by atoms with van der Waals surface area (Å²) in [6, 6.07) is 8.15. The van der Waals surface area contributed by atoms with Gasteiger partial charge in [-0.1, -0.05) is 17.3 Å². The van der Waals surface area contributed by atoms with Gasteiger partial charge in [0.15, 0.2) is 0 Å². The zero-order valence-electron chi connectivity index (χ0n) is 11.3. The van der Waals surface area contributed by atoms with Gasteiger partial charge in [0.25, 0.3) is 0 Å². The lowest BCUT2D eigenvalue weighted by molar-refractivity contribution is 0.364. The Bertz CT molecular complexity index is 553. The highest BCUT2D eigenvalue weighted by atomic mass is 35.5. The molecule has 0 radical (unpaired) electrons. The number of nitrogens with one attached hydrogen (secondary N) is 1. The number of benzene rings is 1. The van der Waals surface area contributed by atoms with E-state index in [0.29, 0.717) is 17.8 Å². The van der Waals surface area contributed by atoms with E-state index >= 15 is 0 Å². The van der Waals surface area contributed by atoms with Crippen LogP contribution in [0.3, 0.4) is 0 Å². The van der Waals surface area contributed by atoms with Crippen molar-refractivity contribution >= 4 is 12.4 Å². The van der Waals surface area contributed by atoms with Crippen molar-refractivity contribution in [1.82, 2.24) is 15.5 Å². The van der Waals surface area contributed by atoms with E-state index in [1.165, 1.54) is 12.8 Å². The third-order valence-corrected chi connectivity index (χ3v) is 3.40. The average Bonchev–Trinajstić information content (AvgIpc) is 3.11. The first-order valence-corrected chi connectivity index (χ1v) is 6.56. The maximum atomic E-state index is 5.32. The number of para-hydroxylation sites is 1. The van der Waals surface area contributed by atoms with Gasteiger partial charge in [0.1, 0.15) is 5.75 Å². The quantitative estimate of drug-likeness (QED) is 0.939. The molecule has 1 aliphatic heterocycles. The standard InChI is InChI=1S/C14H17N3O2.ClH/c1-18-12-7-3-2-6-11(12)14-16-13(19-17-14)9-10-5-4-8-15-10;/h2-3,6-7,10,15H,4-5,8-9H2,1H3;1H. The van der Waals surface area contributed by atoms with Crippen molar-refractivity contribution in [3.63, 3.8) is 0 Å². The zero-order valence-corrected chi connectivity index (χ0v) is 12.2. The third kappa shape index (κ3) is 3.11. The molecule has 2 aromatic rings. The molecule has 0 amide bonds. The zero-order chi connectivity index (χ0) is 13.1. The highest BCUT2D eigenvalue weighted by Crippen LogP contribution is 2.27. The summed E-state index contributed by atoms with van der Waals surface area (Å²) >= 11 is 0. The number of hydrogen-bond acceptors (Lipinski definition) is 5. The first-order chi connectivity index (χ1) is 9.36. The Morgan fingerprint density at radius 2 is 2.25 bits per heavy atom. The van der Waals surface area contributed by atoms with Gasteiger partial charge in [-0.25, -0.2) is 0 Å². The van der Waals surface area contributed by atoms with Gasteiger partial charge in [-0.3, -0.25) is 0 Å². The van der Waals surface area contributed by atoms with Crippen molar-refractivity contribution in [2.45, 2.75) is 25.3 Å². The van der Waals surface area contributed by atoms with Crippen LogP contribution in [0.15, 0.2) is 28.8 Å². The Labute approximate surface area is 124 Å². The van der Waals surface area contributed by atoms with Crippen molar-refractivity contribution < 1.29 is 9.26 Å². The first kappa shape index (κ1) is 14.8. The summed E-state index contributed by atoms with van der Waals surface area (Å²) in [5, 5.41) is 7.47. The number of hydrogen-bond donors (Lipinski definition) is 1. The lowest BCUT2D eigenvalue weighted by atomic mass is 10.1. The number of nitrogens with zero attached hydrogens (tertiary/aromatic N) is 2. The molecule has 1 aromatic heterocycles. The Kier molecular flexibility index (Phi) is 4.98. The SMILES string of the molecule is COc1ccccc1-c1noc(CC2CCCN2)n1.Cl. The maximum Gasteiger partial charge on any atom is 0.228 e. The summed E-state index contributed by atoms with van der Waals surface area (Å²) in [5.41, 5.74) is 0.861. The number of halogens is 1. The van der Waals surface area contributed by atoms with Gasteiger partial charge in [-0.2, -0.15) is 4.98 Å². The highest BCUT2D eigenvalue weighted by molar-refractivity contribution is 5.85. The van der Waals surface area contributed by atoms with Gasteiger partial charge >= 0.3 is 0 Å². The molecule has 0 bridgehead atoms. The molecular weight excluding hydrogens is 278 g/mol. The van der Waals surface area contributed by atoms with E-state index in [4.69, 9.17) is 9.26 Å². The van der Waals surface area contributed by atoms with Gasteiger partial charge in [-0.05, 0) is 31.5 Å². The summed E-state index contributed by atoms with van der Waals surface area (Å²) in [7, 11) is 1.64. The largest absolute Gasteiger partial charge is 0.496 e. The van der Waals surface area contributed by atoms with Crippen LogP contribution in [0.1, 0.15) is 18.7 Å². The fourth-order valence-corrected chi connectivity index (χ4v) is 2.42. The van der Waals surface area contributed by atoms with Crippen LogP contribution in [0.2, 0.25) is 0 Å². The van der Waals surface area contributed by atoms with E-state index in [-0.39, 0.29) is 12.4 Å². The van der Waals surface area contributed by atoms with Crippen molar-refractivity contribution in [1.29, 1.82) is 0 Å². The van der Waals surface area contributed by atoms with E-state index < -0.39 is 0 Å². The van der Waals surface area contributed by atoms with Crippen LogP contribution in [-0.2, 0) is 6.42 Å². The second-order valence-electron chi connectivity index (χ2n) is 4.71. The molecule has 5 nitrogen and oxygen atoms in total. The van der Waals surface area contributed by atoms with E-state index in [1.54, 1.807) is 7.11 Å². The fourth-order valence-electron chi connectivity index (χ4n) is 2.42. The van der Waals surface area contributed by atoms with Gasteiger partial charge < -0.3 is 14.6 Å². The molecule has 1 aliphatic rings. The molecule has 20 heavy (non-hydrogen) atoms. The Morgan fingerprint density at radius 3 is 3.00 bits per heavy atom. The van der Waals surface area contributed by atoms with Crippen LogP contribution >= 0.6 is 12.4 Å². The van der Waals surface area contributed by atoms with Crippen LogP contribution in [-0.4, -0.2) is 29.8 Å². The molecule has 1 N–H and O–H groups in total. The van der Waals surface area contributed by atoms with Gasteiger partial charge in [0.2, 0.25) is 11.7 Å². The van der Waals surface area contributed by atoms with Crippen LogP contribution < -0.4 is 10.1 Å². The molecular formula is C14H18ClN3O2. The van der Waals surface area contributed by atoms with E-state index in [0.717, 1.165) is 24.3 Å². The second-order valence-corrected chi connectivity index (χ2v) is 4.71. The molecule has 1 aromatic carbocycles. The molecule has 6 heteroatoms. The molecule has 1 unspecified atom stereocenters. The molecule has 1 saturated heterocycles. The first-order valence-electron chi connectivity index (χ1n) is 6.56. The van der Waals surface area contributed by atoms with Gasteiger partial charge in [0.05, 0.1) is 12.7 Å². The minimum atomic E-state index is 0. The third-order valence-electron chi connectivity index (χ3n) is 3.40. The number of methoxy groups -OCH3 is 1. The Hall–Kier alpha value is -1.59. The van der Waals surface area contributed by atoms with Crippen LogP contribution in [0.4, 0.5) is 0 Å². The second kappa shape index (κ2) is 6.72. The number of aromatic nitrogens is 2. The predicted molar refractivity (Wildman–Crippen MR) is 78.3 cm³/mol. The summed E-state index contributed by atoms with van der Waals surface area (Å²) in [6.07, 6.45) is 3.19. The summed E-state index contributed by atoms with van der Waals surface area (Å²) in [6.45, 7) is 1.08. The molecule has 108 valence electrons. The van der Waals surface area contributed by atoms with E-state index in [1.807, 2.05) is 24.3 Å². The molecule has 0 spiro atoms. The van der Waals surface area contributed by atoms with E-state index in [9.17, 15) is 0 Å². The highest BCUT2D eigenvalue weighted by Gasteiger charge is 2.19. The Morgan fingerprint density at radius 1 is 1.40 bits per heavy atom. The molecule has 1 atom stereocenters.